The van der Waals surface area contributed by atoms with Crippen molar-refractivity contribution in [2.24, 2.45) is 5.92 Å². The minimum Gasteiger partial charge on any atom is -0.396 e. The number of rotatable bonds is 5. The largest absolute Gasteiger partial charge is 0.396 e. The van der Waals surface area contributed by atoms with Crippen LogP contribution < -0.4 is 10.6 Å². The highest BCUT2D eigenvalue weighted by Crippen LogP contribution is 2.23. The minimum atomic E-state index is -0.165. The molecule has 1 aromatic heterocycles. The molecular formula is C14H23N3O2S. The Labute approximate surface area is 123 Å². The van der Waals surface area contributed by atoms with Gasteiger partial charge in [-0.25, -0.2) is 9.78 Å². The van der Waals surface area contributed by atoms with Crippen LogP contribution in [0.4, 0.5) is 4.79 Å². The predicted octanol–water partition coefficient (Wildman–Crippen LogP) is 2.06. The van der Waals surface area contributed by atoms with E-state index in [0.717, 1.165) is 42.8 Å². The molecule has 2 atom stereocenters. The zero-order valence-corrected chi connectivity index (χ0v) is 12.7. The Bertz CT molecular complexity index is 436. The van der Waals surface area contributed by atoms with Gasteiger partial charge in [-0.05, 0) is 19.3 Å². The van der Waals surface area contributed by atoms with E-state index in [2.05, 4.69) is 22.5 Å². The number of hydrogen-bond acceptors (Lipinski definition) is 4. The summed E-state index contributed by atoms with van der Waals surface area (Å²) in [5.41, 5.74) is 0.907. The molecule has 2 amide bonds. The molecule has 1 saturated carbocycles. The molecule has 5 nitrogen and oxygen atoms in total. The second-order valence-corrected chi connectivity index (χ2v) is 6.19. The van der Waals surface area contributed by atoms with Gasteiger partial charge in [-0.15, -0.1) is 11.3 Å². The minimum absolute atomic E-state index is 0.0930. The van der Waals surface area contributed by atoms with E-state index >= 15 is 0 Å². The lowest BCUT2D eigenvalue weighted by Crippen LogP contribution is -2.47. The first-order valence-corrected chi connectivity index (χ1v) is 8.19. The van der Waals surface area contributed by atoms with Crippen molar-refractivity contribution in [2.75, 3.05) is 6.61 Å². The van der Waals surface area contributed by atoms with Crippen molar-refractivity contribution in [1.82, 2.24) is 15.6 Å². The third-order valence-corrected chi connectivity index (χ3v) is 4.83. The SMILES string of the molecule is CCc1nc(CNC(=O)NC2CCCCC2CO)cs1. The van der Waals surface area contributed by atoms with Crippen LogP contribution in [0.3, 0.4) is 0 Å². The number of aryl methyl sites for hydroxylation is 1. The number of urea groups is 1. The summed E-state index contributed by atoms with van der Waals surface area (Å²) in [4.78, 5) is 16.3. The quantitative estimate of drug-likeness (QED) is 0.779. The van der Waals surface area contributed by atoms with Crippen LogP contribution in [0.15, 0.2) is 5.38 Å². The van der Waals surface area contributed by atoms with Crippen molar-refractivity contribution in [3.8, 4) is 0 Å². The number of aromatic nitrogens is 1. The highest BCUT2D eigenvalue weighted by Gasteiger charge is 2.25. The van der Waals surface area contributed by atoms with Gasteiger partial charge in [-0.2, -0.15) is 0 Å². The van der Waals surface area contributed by atoms with Crippen LogP contribution in [-0.2, 0) is 13.0 Å². The molecule has 1 heterocycles. The summed E-state index contributed by atoms with van der Waals surface area (Å²) < 4.78 is 0. The van der Waals surface area contributed by atoms with Gasteiger partial charge >= 0.3 is 6.03 Å². The second kappa shape index (κ2) is 7.59. The Morgan fingerprint density at radius 3 is 3.00 bits per heavy atom. The van der Waals surface area contributed by atoms with Gasteiger partial charge in [0.15, 0.2) is 0 Å². The molecule has 6 heteroatoms. The average Bonchev–Trinajstić information content (AvgIpc) is 2.94. The van der Waals surface area contributed by atoms with Crippen molar-refractivity contribution in [1.29, 1.82) is 0 Å². The number of thiazole rings is 1. The van der Waals surface area contributed by atoms with Gasteiger partial charge in [-0.3, -0.25) is 0 Å². The molecule has 1 aliphatic carbocycles. The third-order valence-electron chi connectivity index (χ3n) is 3.79. The van der Waals surface area contributed by atoms with Crippen LogP contribution in [0, 0.1) is 5.92 Å². The standard InChI is InChI=1S/C14H23N3O2S/c1-2-13-16-11(9-20-13)7-15-14(19)17-12-6-4-3-5-10(12)8-18/h9-10,12,18H,2-8H2,1H3,(H2,15,17,19). The Morgan fingerprint density at radius 1 is 1.50 bits per heavy atom. The molecule has 20 heavy (non-hydrogen) atoms. The summed E-state index contributed by atoms with van der Waals surface area (Å²) in [6.45, 7) is 2.68. The molecule has 112 valence electrons. The molecule has 2 rings (SSSR count). The molecule has 1 aromatic rings. The van der Waals surface area contributed by atoms with Crippen LogP contribution in [0.5, 0.6) is 0 Å². The van der Waals surface area contributed by atoms with E-state index in [1.807, 2.05) is 5.38 Å². The lowest BCUT2D eigenvalue weighted by atomic mass is 9.85. The van der Waals surface area contributed by atoms with Crippen molar-refractivity contribution in [2.45, 2.75) is 51.6 Å². The van der Waals surface area contributed by atoms with E-state index in [1.54, 1.807) is 11.3 Å². The lowest BCUT2D eigenvalue weighted by Gasteiger charge is -2.30. The number of aliphatic hydroxyl groups excluding tert-OH is 1. The van der Waals surface area contributed by atoms with Gasteiger partial charge in [-0.1, -0.05) is 19.8 Å². The molecular weight excluding hydrogens is 274 g/mol. The summed E-state index contributed by atoms with van der Waals surface area (Å²) in [5.74, 6) is 0.195. The van der Waals surface area contributed by atoms with Gasteiger partial charge in [0, 0.05) is 23.9 Å². The van der Waals surface area contributed by atoms with Gasteiger partial charge in [0.05, 0.1) is 17.2 Å². The van der Waals surface area contributed by atoms with Crippen LogP contribution in [0.1, 0.15) is 43.3 Å². The van der Waals surface area contributed by atoms with Crippen LogP contribution in [0.25, 0.3) is 0 Å². The predicted molar refractivity (Wildman–Crippen MR) is 79.7 cm³/mol. The molecule has 0 bridgehead atoms. The number of aliphatic hydroxyl groups is 1. The van der Waals surface area contributed by atoms with Gasteiger partial charge in [0.25, 0.3) is 0 Å². The van der Waals surface area contributed by atoms with E-state index in [1.165, 1.54) is 0 Å². The van der Waals surface area contributed by atoms with E-state index in [4.69, 9.17) is 0 Å². The maximum atomic E-state index is 11.9. The molecule has 0 aliphatic heterocycles. The first kappa shape index (κ1) is 15.3. The number of carbonyl (C=O) groups is 1. The molecule has 0 radical (unpaired) electrons. The third kappa shape index (κ3) is 4.18. The Hall–Kier alpha value is -1.14. The molecule has 0 saturated heterocycles. The van der Waals surface area contributed by atoms with Gasteiger partial charge in [0.1, 0.15) is 0 Å². The number of nitrogens with one attached hydrogen (secondary N) is 2. The summed E-state index contributed by atoms with van der Waals surface area (Å²) in [5, 5.41) is 18.2. The summed E-state index contributed by atoms with van der Waals surface area (Å²) >= 11 is 1.63. The van der Waals surface area contributed by atoms with Crippen molar-refractivity contribution < 1.29 is 9.90 Å². The maximum Gasteiger partial charge on any atom is 0.315 e. The molecule has 0 spiro atoms. The molecule has 0 aromatic carbocycles. The smallest absolute Gasteiger partial charge is 0.315 e. The number of hydrogen-bond donors (Lipinski definition) is 3. The first-order valence-electron chi connectivity index (χ1n) is 7.31. The maximum absolute atomic E-state index is 11.9. The zero-order chi connectivity index (χ0) is 14.4. The van der Waals surface area contributed by atoms with Crippen molar-refractivity contribution >= 4 is 17.4 Å². The molecule has 3 N–H and O–H groups in total. The first-order chi connectivity index (χ1) is 9.72. The van der Waals surface area contributed by atoms with E-state index < -0.39 is 0 Å². The topological polar surface area (TPSA) is 74.2 Å². The van der Waals surface area contributed by atoms with Gasteiger partial charge in [0.2, 0.25) is 0 Å². The Balaban J connectivity index is 1.76. The molecule has 1 aliphatic rings. The summed E-state index contributed by atoms with van der Waals surface area (Å²) in [6.07, 6.45) is 5.14. The van der Waals surface area contributed by atoms with Gasteiger partial charge < -0.3 is 15.7 Å². The van der Waals surface area contributed by atoms with Crippen LogP contribution >= 0.6 is 11.3 Å². The molecule has 1 fully saturated rings. The molecule has 2 unspecified atom stereocenters. The number of nitrogens with zero attached hydrogens (tertiary/aromatic N) is 1. The Morgan fingerprint density at radius 2 is 2.30 bits per heavy atom. The van der Waals surface area contributed by atoms with E-state index in [9.17, 15) is 9.90 Å². The second-order valence-electron chi connectivity index (χ2n) is 5.25. The highest BCUT2D eigenvalue weighted by molar-refractivity contribution is 7.09. The summed E-state index contributed by atoms with van der Waals surface area (Å²) in [7, 11) is 0. The lowest BCUT2D eigenvalue weighted by molar-refractivity contribution is 0.153. The van der Waals surface area contributed by atoms with Crippen LogP contribution in [0.2, 0.25) is 0 Å². The Kier molecular flexibility index (Phi) is 5.79. The van der Waals surface area contributed by atoms with Crippen molar-refractivity contribution in [3.63, 3.8) is 0 Å². The average molecular weight is 297 g/mol. The fourth-order valence-corrected chi connectivity index (χ4v) is 3.34. The number of amides is 2. The number of carbonyl (C=O) groups excluding carboxylic acids is 1. The fraction of sp³-hybridized carbons (Fsp3) is 0.714. The van der Waals surface area contributed by atoms with E-state index in [0.29, 0.717) is 6.54 Å². The fourth-order valence-electron chi connectivity index (χ4n) is 2.60. The monoisotopic (exact) mass is 297 g/mol. The normalized spacial score (nSPS) is 22.5. The van der Waals surface area contributed by atoms with Crippen molar-refractivity contribution in [3.05, 3.63) is 16.1 Å². The van der Waals surface area contributed by atoms with E-state index in [-0.39, 0.29) is 24.6 Å². The summed E-state index contributed by atoms with van der Waals surface area (Å²) in [6, 6.07) is -0.0724. The highest BCUT2D eigenvalue weighted by atomic mass is 32.1. The zero-order valence-electron chi connectivity index (χ0n) is 11.9. The van der Waals surface area contributed by atoms with Crippen LogP contribution in [-0.4, -0.2) is 28.8 Å².